The van der Waals surface area contributed by atoms with Gasteiger partial charge in [0.15, 0.2) is 0 Å². The third-order valence-corrected chi connectivity index (χ3v) is 6.50. The van der Waals surface area contributed by atoms with E-state index in [9.17, 15) is 9.59 Å². The molecule has 1 aliphatic carbocycles. The van der Waals surface area contributed by atoms with E-state index < -0.39 is 0 Å². The van der Waals surface area contributed by atoms with Crippen molar-refractivity contribution in [1.82, 2.24) is 25.2 Å². The van der Waals surface area contributed by atoms with E-state index in [2.05, 4.69) is 37.3 Å². The minimum Gasteiger partial charge on any atom is -0.353 e. The Balaban J connectivity index is 1.08. The minimum atomic E-state index is -0.138. The van der Waals surface area contributed by atoms with Gasteiger partial charge < -0.3 is 20.1 Å². The predicted octanol–water partition coefficient (Wildman–Crippen LogP) is 2.23. The average Bonchev–Trinajstić information content (AvgIpc) is 3.51. The number of nitrogens with zero attached hydrogens (tertiary/aromatic N) is 4. The standard InChI is InChI=1S/C25H28N6O2/c32-24(27-9-8-20-16-26-17-29-20)19-6-7-23(28-15-19)30-10-12-31(13-11-30)25(33)22-14-21(22)18-4-2-1-3-5-18/h1-7,15-17,21-22H,8-14H2,(H,26,29)(H,27,32). The molecule has 1 saturated heterocycles. The Labute approximate surface area is 193 Å². The van der Waals surface area contributed by atoms with Crippen LogP contribution in [0, 0.1) is 5.92 Å². The zero-order chi connectivity index (χ0) is 22.6. The van der Waals surface area contributed by atoms with E-state index in [1.165, 1.54) is 5.56 Å². The number of aromatic nitrogens is 3. The molecule has 2 aromatic heterocycles. The smallest absolute Gasteiger partial charge is 0.252 e. The van der Waals surface area contributed by atoms with Crippen molar-refractivity contribution in [2.45, 2.75) is 18.8 Å². The summed E-state index contributed by atoms with van der Waals surface area (Å²) >= 11 is 0. The van der Waals surface area contributed by atoms with Crippen LogP contribution < -0.4 is 10.2 Å². The molecule has 33 heavy (non-hydrogen) atoms. The Hall–Kier alpha value is -3.68. The van der Waals surface area contributed by atoms with Crippen molar-refractivity contribution >= 4 is 17.6 Å². The number of amides is 2. The first-order valence-corrected chi connectivity index (χ1v) is 11.5. The average molecular weight is 445 g/mol. The van der Waals surface area contributed by atoms with Gasteiger partial charge in [-0.05, 0) is 30.0 Å². The Kier molecular flexibility index (Phi) is 6.06. The molecule has 8 heteroatoms. The Bertz CT molecular complexity index is 1080. The molecule has 0 radical (unpaired) electrons. The number of carbonyl (C=O) groups excluding carboxylic acids is 2. The molecule has 1 aromatic carbocycles. The number of nitrogens with one attached hydrogen (secondary N) is 2. The second-order valence-electron chi connectivity index (χ2n) is 8.66. The number of anilines is 1. The van der Waals surface area contributed by atoms with Crippen LogP contribution in [0.4, 0.5) is 5.82 Å². The Morgan fingerprint density at radius 2 is 1.85 bits per heavy atom. The molecule has 0 spiro atoms. The fraction of sp³-hybridized carbons (Fsp3) is 0.360. The lowest BCUT2D eigenvalue weighted by Gasteiger charge is -2.35. The third-order valence-electron chi connectivity index (χ3n) is 6.50. The zero-order valence-electron chi connectivity index (χ0n) is 18.5. The van der Waals surface area contributed by atoms with Gasteiger partial charge in [-0.15, -0.1) is 0 Å². The first-order valence-electron chi connectivity index (χ1n) is 11.5. The molecule has 2 atom stereocenters. The van der Waals surface area contributed by atoms with Crippen molar-refractivity contribution in [2.24, 2.45) is 5.92 Å². The number of benzene rings is 1. The van der Waals surface area contributed by atoms with Crippen LogP contribution in [0.25, 0.3) is 0 Å². The third kappa shape index (κ3) is 4.89. The summed E-state index contributed by atoms with van der Waals surface area (Å²) in [6.45, 7) is 3.43. The number of H-pyrrole nitrogens is 1. The maximum Gasteiger partial charge on any atom is 0.252 e. The number of rotatable bonds is 7. The fourth-order valence-corrected chi connectivity index (χ4v) is 4.47. The summed E-state index contributed by atoms with van der Waals surface area (Å²) < 4.78 is 0. The van der Waals surface area contributed by atoms with Gasteiger partial charge in [0.25, 0.3) is 5.91 Å². The van der Waals surface area contributed by atoms with Crippen LogP contribution in [0.2, 0.25) is 0 Å². The molecule has 0 bridgehead atoms. The number of hydrogen-bond acceptors (Lipinski definition) is 5. The predicted molar refractivity (Wildman–Crippen MR) is 125 cm³/mol. The summed E-state index contributed by atoms with van der Waals surface area (Å²) in [5.41, 5.74) is 2.79. The van der Waals surface area contributed by atoms with Crippen LogP contribution in [0.3, 0.4) is 0 Å². The Morgan fingerprint density at radius 3 is 2.55 bits per heavy atom. The van der Waals surface area contributed by atoms with Gasteiger partial charge in [0, 0.05) is 63.2 Å². The number of carbonyl (C=O) groups is 2. The molecule has 2 aliphatic rings. The number of pyridine rings is 1. The highest BCUT2D eigenvalue weighted by molar-refractivity contribution is 5.94. The van der Waals surface area contributed by atoms with Crippen LogP contribution in [-0.2, 0) is 11.2 Å². The minimum absolute atomic E-state index is 0.128. The quantitative estimate of drug-likeness (QED) is 0.583. The van der Waals surface area contributed by atoms with Crippen LogP contribution >= 0.6 is 0 Å². The molecule has 2 N–H and O–H groups in total. The summed E-state index contributed by atoms with van der Waals surface area (Å²) in [6, 6.07) is 14.0. The molecule has 170 valence electrons. The van der Waals surface area contributed by atoms with E-state index >= 15 is 0 Å². The molecule has 1 saturated carbocycles. The second-order valence-corrected chi connectivity index (χ2v) is 8.66. The first kappa shape index (κ1) is 21.2. The zero-order valence-corrected chi connectivity index (χ0v) is 18.5. The van der Waals surface area contributed by atoms with Gasteiger partial charge >= 0.3 is 0 Å². The summed E-state index contributed by atoms with van der Waals surface area (Å²) in [6.07, 6.45) is 6.65. The number of imidazole rings is 1. The van der Waals surface area contributed by atoms with E-state index in [0.717, 1.165) is 31.0 Å². The van der Waals surface area contributed by atoms with Crippen LogP contribution in [0.1, 0.15) is 34.0 Å². The summed E-state index contributed by atoms with van der Waals surface area (Å²) in [5.74, 6) is 1.48. The molecule has 5 rings (SSSR count). The lowest BCUT2D eigenvalue weighted by Crippen LogP contribution is -2.49. The molecular formula is C25H28N6O2. The Morgan fingerprint density at radius 1 is 1.03 bits per heavy atom. The van der Waals surface area contributed by atoms with Gasteiger partial charge in [-0.3, -0.25) is 9.59 Å². The molecular weight excluding hydrogens is 416 g/mol. The van der Waals surface area contributed by atoms with E-state index in [-0.39, 0.29) is 17.7 Å². The molecule has 3 heterocycles. The largest absolute Gasteiger partial charge is 0.353 e. The van der Waals surface area contributed by atoms with Gasteiger partial charge in [-0.25, -0.2) is 9.97 Å². The lowest BCUT2D eigenvalue weighted by atomic mass is 10.1. The van der Waals surface area contributed by atoms with Gasteiger partial charge in [-0.2, -0.15) is 0 Å². The number of piperazine rings is 1. The van der Waals surface area contributed by atoms with Crippen molar-refractivity contribution in [3.63, 3.8) is 0 Å². The van der Waals surface area contributed by atoms with Crippen molar-refractivity contribution in [2.75, 3.05) is 37.6 Å². The van der Waals surface area contributed by atoms with Crippen molar-refractivity contribution < 1.29 is 9.59 Å². The van der Waals surface area contributed by atoms with Gasteiger partial charge in [0.1, 0.15) is 5.82 Å². The van der Waals surface area contributed by atoms with E-state index in [1.54, 1.807) is 24.8 Å². The normalized spacial score (nSPS) is 19.9. The molecule has 2 unspecified atom stereocenters. The molecule has 8 nitrogen and oxygen atoms in total. The van der Waals surface area contributed by atoms with Crippen molar-refractivity contribution in [3.05, 3.63) is 78.0 Å². The second kappa shape index (κ2) is 9.44. The molecule has 2 fully saturated rings. The topological polar surface area (TPSA) is 94.2 Å². The lowest BCUT2D eigenvalue weighted by molar-refractivity contribution is -0.133. The van der Waals surface area contributed by atoms with Crippen LogP contribution in [0.5, 0.6) is 0 Å². The van der Waals surface area contributed by atoms with E-state index in [0.29, 0.717) is 37.5 Å². The summed E-state index contributed by atoms with van der Waals surface area (Å²) in [7, 11) is 0. The molecule has 3 aromatic rings. The number of hydrogen-bond donors (Lipinski definition) is 2. The summed E-state index contributed by atoms with van der Waals surface area (Å²) in [4.78, 5) is 40.9. The van der Waals surface area contributed by atoms with E-state index in [4.69, 9.17) is 0 Å². The molecule has 2 amide bonds. The first-order chi connectivity index (χ1) is 16.2. The van der Waals surface area contributed by atoms with E-state index in [1.807, 2.05) is 29.2 Å². The summed E-state index contributed by atoms with van der Waals surface area (Å²) in [5, 5.41) is 2.90. The highest BCUT2D eigenvalue weighted by Gasteiger charge is 2.46. The van der Waals surface area contributed by atoms with Crippen LogP contribution in [0.15, 0.2) is 61.2 Å². The van der Waals surface area contributed by atoms with Crippen molar-refractivity contribution in [3.8, 4) is 0 Å². The molecule has 1 aliphatic heterocycles. The highest BCUT2D eigenvalue weighted by atomic mass is 16.2. The number of aromatic amines is 1. The van der Waals surface area contributed by atoms with Gasteiger partial charge in [0.2, 0.25) is 5.91 Å². The van der Waals surface area contributed by atoms with Crippen molar-refractivity contribution in [1.29, 1.82) is 0 Å². The maximum absolute atomic E-state index is 12.9. The van der Waals surface area contributed by atoms with Crippen LogP contribution in [-0.4, -0.2) is 64.4 Å². The monoisotopic (exact) mass is 444 g/mol. The maximum atomic E-state index is 12.9. The fourth-order valence-electron chi connectivity index (χ4n) is 4.47. The van der Waals surface area contributed by atoms with Gasteiger partial charge in [-0.1, -0.05) is 30.3 Å². The van der Waals surface area contributed by atoms with Gasteiger partial charge in [0.05, 0.1) is 11.9 Å². The highest BCUT2D eigenvalue weighted by Crippen LogP contribution is 2.48. The SMILES string of the molecule is O=C(NCCc1cnc[nH]1)c1ccc(N2CCN(C(=O)C3CC3c3ccccc3)CC2)nc1.